The van der Waals surface area contributed by atoms with Crippen molar-refractivity contribution in [3.63, 3.8) is 0 Å². The van der Waals surface area contributed by atoms with Gasteiger partial charge in [0.2, 0.25) is 5.91 Å². The van der Waals surface area contributed by atoms with Gasteiger partial charge in [0, 0.05) is 22.7 Å². The van der Waals surface area contributed by atoms with Crippen molar-refractivity contribution in [2.75, 3.05) is 31.7 Å². The average Bonchev–Trinajstić information content (AvgIpc) is 2.67. The molecule has 1 amide bonds. The third-order valence-electron chi connectivity index (χ3n) is 3.94. The van der Waals surface area contributed by atoms with Gasteiger partial charge in [-0.3, -0.25) is 4.79 Å². The Hall–Kier alpha value is -2.38. The van der Waals surface area contributed by atoms with Gasteiger partial charge in [0.15, 0.2) is 23.0 Å². The predicted molar refractivity (Wildman–Crippen MR) is 105 cm³/mol. The smallest absolute Gasteiger partial charge is 0.248 e. The maximum Gasteiger partial charge on any atom is 0.248 e. The van der Waals surface area contributed by atoms with Gasteiger partial charge in [0.1, 0.15) is 26.4 Å². The lowest BCUT2D eigenvalue weighted by atomic mass is 10.1. The summed E-state index contributed by atoms with van der Waals surface area (Å²) >= 11 is 9.64. The van der Waals surface area contributed by atoms with E-state index in [1.165, 1.54) is 6.08 Å². The van der Waals surface area contributed by atoms with E-state index in [9.17, 15) is 4.79 Å². The van der Waals surface area contributed by atoms with Crippen molar-refractivity contribution in [2.24, 2.45) is 0 Å². The van der Waals surface area contributed by atoms with Crippen LogP contribution in [-0.2, 0) is 4.79 Å². The van der Waals surface area contributed by atoms with Gasteiger partial charge >= 0.3 is 0 Å². The Kier molecular flexibility index (Phi) is 5.13. The molecule has 4 rings (SSSR count). The van der Waals surface area contributed by atoms with Gasteiger partial charge < -0.3 is 24.3 Å². The molecule has 27 heavy (non-hydrogen) atoms. The van der Waals surface area contributed by atoms with Crippen LogP contribution in [0.25, 0.3) is 6.08 Å². The summed E-state index contributed by atoms with van der Waals surface area (Å²) in [6.07, 6.45) is 3.08. The fourth-order valence-electron chi connectivity index (χ4n) is 2.73. The number of amides is 1. The zero-order valence-electron chi connectivity index (χ0n) is 14.1. The molecule has 0 atom stereocenters. The van der Waals surface area contributed by atoms with E-state index in [2.05, 4.69) is 21.2 Å². The van der Waals surface area contributed by atoms with Crippen LogP contribution in [0.3, 0.4) is 0 Å². The van der Waals surface area contributed by atoms with Gasteiger partial charge in [-0.25, -0.2) is 0 Å². The van der Waals surface area contributed by atoms with Crippen LogP contribution in [0.1, 0.15) is 5.56 Å². The molecule has 2 aromatic rings. The highest BCUT2D eigenvalue weighted by Crippen LogP contribution is 2.39. The molecule has 0 saturated heterocycles. The quantitative estimate of drug-likeness (QED) is 0.704. The number of benzene rings is 2. The topological polar surface area (TPSA) is 66.0 Å². The average molecular weight is 453 g/mol. The molecule has 0 bridgehead atoms. The summed E-state index contributed by atoms with van der Waals surface area (Å²) in [6, 6.07) is 7.00. The number of nitrogens with one attached hydrogen (secondary N) is 1. The van der Waals surface area contributed by atoms with Crippen LogP contribution >= 0.6 is 27.5 Å². The summed E-state index contributed by atoms with van der Waals surface area (Å²) in [7, 11) is 0. The molecule has 2 aliphatic heterocycles. The molecule has 2 aromatic carbocycles. The SMILES string of the molecule is O=C(C=Cc1cc(Cl)c2c(c1)OCCO2)Nc1cc2c(cc1Br)OCCO2. The van der Waals surface area contributed by atoms with Crippen molar-refractivity contribution in [1.82, 2.24) is 0 Å². The molecule has 0 aromatic heterocycles. The van der Waals surface area contributed by atoms with E-state index in [1.54, 1.807) is 30.3 Å². The molecular formula is C19H15BrClNO5. The Morgan fingerprint density at radius 3 is 2.41 bits per heavy atom. The first-order valence-electron chi connectivity index (χ1n) is 8.27. The molecule has 0 radical (unpaired) electrons. The van der Waals surface area contributed by atoms with Gasteiger partial charge in [-0.1, -0.05) is 11.6 Å². The highest BCUT2D eigenvalue weighted by Gasteiger charge is 2.17. The molecule has 1 N–H and O–H groups in total. The largest absolute Gasteiger partial charge is 0.486 e. The normalized spacial score (nSPS) is 14.9. The van der Waals surface area contributed by atoms with Crippen molar-refractivity contribution in [1.29, 1.82) is 0 Å². The monoisotopic (exact) mass is 451 g/mol. The van der Waals surface area contributed by atoms with Gasteiger partial charge in [-0.15, -0.1) is 0 Å². The summed E-state index contributed by atoms with van der Waals surface area (Å²) in [4.78, 5) is 12.3. The van der Waals surface area contributed by atoms with E-state index in [1.807, 2.05) is 0 Å². The van der Waals surface area contributed by atoms with Gasteiger partial charge in [-0.2, -0.15) is 0 Å². The Morgan fingerprint density at radius 2 is 1.63 bits per heavy atom. The lowest BCUT2D eigenvalue weighted by molar-refractivity contribution is -0.111. The molecule has 0 aliphatic carbocycles. The lowest BCUT2D eigenvalue weighted by Gasteiger charge is -2.20. The Balaban J connectivity index is 1.49. The van der Waals surface area contributed by atoms with Crippen LogP contribution in [0.15, 0.2) is 34.8 Å². The number of hydrogen-bond acceptors (Lipinski definition) is 5. The van der Waals surface area contributed by atoms with Crippen LogP contribution in [0.2, 0.25) is 5.02 Å². The number of hydrogen-bond donors (Lipinski definition) is 1. The molecule has 0 spiro atoms. The summed E-state index contributed by atoms with van der Waals surface area (Å²) in [5.74, 6) is 2.06. The van der Waals surface area contributed by atoms with E-state index >= 15 is 0 Å². The summed E-state index contributed by atoms with van der Waals surface area (Å²) < 4.78 is 22.8. The van der Waals surface area contributed by atoms with Crippen LogP contribution in [-0.4, -0.2) is 32.3 Å². The van der Waals surface area contributed by atoms with Crippen LogP contribution in [0.5, 0.6) is 23.0 Å². The van der Waals surface area contributed by atoms with Gasteiger partial charge in [-0.05, 0) is 39.7 Å². The van der Waals surface area contributed by atoms with Crippen molar-refractivity contribution >= 4 is 45.2 Å². The maximum absolute atomic E-state index is 12.3. The molecular weight excluding hydrogens is 438 g/mol. The highest BCUT2D eigenvalue weighted by atomic mass is 79.9. The first kappa shape index (κ1) is 18.0. The van der Waals surface area contributed by atoms with E-state index in [4.69, 9.17) is 30.5 Å². The standard InChI is InChI=1S/C19H15BrClNO5/c20-12-9-15-16(25-4-3-24-15)10-14(12)22-18(23)2-1-11-7-13(21)19-17(8-11)26-5-6-27-19/h1-2,7-10H,3-6H2,(H,22,23). The summed E-state index contributed by atoms with van der Waals surface area (Å²) in [5, 5.41) is 3.26. The molecule has 140 valence electrons. The second kappa shape index (κ2) is 7.70. The molecule has 0 saturated carbocycles. The molecule has 8 heteroatoms. The Morgan fingerprint density at radius 1 is 0.963 bits per heavy atom. The third kappa shape index (κ3) is 3.99. The number of fused-ring (bicyclic) bond motifs is 2. The van der Waals surface area contributed by atoms with Gasteiger partial charge in [0.25, 0.3) is 0 Å². The predicted octanol–water partition coefficient (Wildman–Crippen LogP) is 4.30. The van der Waals surface area contributed by atoms with Crippen molar-refractivity contribution in [3.05, 3.63) is 45.4 Å². The lowest BCUT2D eigenvalue weighted by Crippen LogP contribution is -2.16. The summed E-state index contributed by atoms with van der Waals surface area (Å²) in [5.41, 5.74) is 1.33. The third-order valence-corrected chi connectivity index (χ3v) is 4.87. The van der Waals surface area contributed by atoms with Crippen LogP contribution in [0, 0.1) is 0 Å². The number of halogens is 2. The number of ether oxygens (including phenoxy) is 4. The summed E-state index contributed by atoms with van der Waals surface area (Å²) in [6.45, 7) is 1.92. The van der Waals surface area contributed by atoms with Crippen molar-refractivity contribution < 1.29 is 23.7 Å². The highest BCUT2D eigenvalue weighted by molar-refractivity contribution is 9.10. The van der Waals surface area contributed by atoms with E-state index in [0.29, 0.717) is 64.6 Å². The Labute approximate surface area is 169 Å². The van der Waals surface area contributed by atoms with E-state index in [0.717, 1.165) is 5.56 Å². The van der Waals surface area contributed by atoms with Crippen LogP contribution < -0.4 is 24.3 Å². The second-order valence-corrected chi connectivity index (χ2v) is 7.09. The minimum Gasteiger partial charge on any atom is -0.486 e. The fraction of sp³-hybridized carbons (Fsp3) is 0.211. The molecule has 2 heterocycles. The Bertz CT molecular complexity index is 931. The second-order valence-electron chi connectivity index (χ2n) is 5.83. The van der Waals surface area contributed by atoms with Crippen molar-refractivity contribution in [2.45, 2.75) is 0 Å². The first-order valence-corrected chi connectivity index (χ1v) is 9.44. The van der Waals surface area contributed by atoms with Gasteiger partial charge in [0.05, 0.1) is 10.7 Å². The zero-order chi connectivity index (χ0) is 18.8. The number of carbonyl (C=O) groups excluding carboxylic acids is 1. The zero-order valence-corrected chi connectivity index (χ0v) is 16.4. The fourth-order valence-corrected chi connectivity index (χ4v) is 3.43. The van der Waals surface area contributed by atoms with E-state index < -0.39 is 0 Å². The number of carbonyl (C=O) groups is 1. The number of anilines is 1. The maximum atomic E-state index is 12.3. The first-order chi connectivity index (χ1) is 13.1. The van der Waals surface area contributed by atoms with E-state index in [-0.39, 0.29) is 5.91 Å². The number of rotatable bonds is 3. The van der Waals surface area contributed by atoms with Crippen molar-refractivity contribution in [3.8, 4) is 23.0 Å². The molecule has 0 fully saturated rings. The van der Waals surface area contributed by atoms with Crippen LogP contribution in [0.4, 0.5) is 5.69 Å². The minimum atomic E-state index is -0.293. The minimum absolute atomic E-state index is 0.293. The molecule has 2 aliphatic rings. The molecule has 0 unspecified atom stereocenters. The molecule has 6 nitrogen and oxygen atoms in total.